The van der Waals surface area contributed by atoms with E-state index in [9.17, 15) is 14.4 Å². The molecular weight excluding hydrogens is 674 g/mol. The third kappa shape index (κ3) is 7.62. The van der Waals surface area contributed by atoms with E-state index in [-0.39, 0.29) is 24.2 Å². The van der Waals surface area contributed by atoms with Crippen LogP contribution in [0.4, 0.5) is 5.69 Å². The van der Waals surface area contributed by atoms with Crippen LogP contribution in [0.2, 0.25) is 10.0 Å². The molecule has 1 aliphatic rings. The number of esters is 1. The first-order valence-corrected chi connectivity index (χ1v) is 15.4. The van der Waals surface area contributed by atoms with Crippen molar-refractivity contribution in [2.45, 2.75) is 64.6 Å². The van der Waals surface area contributed by atoms with E-state index in [0.29, 0.717) is 46.2 Å². The molecular formula is C32H33Cl2IN2O4. The normalized spacial score (nSPS) is 16.3. The van der Waals surface area contributed by atoms with Crippen LogP contribution in [0, 0.1) is 3.57 Å². The number of amides is 2. The Morgan fingerprint density at radius 3 is 2.17 bits per heavy atom. The number of benzene rings is 3. The summed E-state index contributed by atoms with van der Waals surface area (Å²) in [6.07, 6.45) is 1.35. The van der Waals surface area contributed by atoms with Gasteiger partial charge in [-0.05, 0) is 117 Å². The summed E-state index contributed by atoms with van der Waals surface area (Å²) in [6.45, 7) is 7.77. The van der Waals surface area contributed by atoms with Crippen LogP contribution in [-0.4, -0.2) is 34.8 Å². The van der Waals surface area contributed by atoms with Crippen LogP contribution >= 0.6 is 45.8 Å². The van der Waals surface area contributed by atoms with E-state index in [4.69, 9.17) is 27.9 Å². The number of rotatable bonds is 8. The van der Waals surface area contributed by atoms with Crippen molar-refractivity contribution >= 4 is 69.3 Å². The van der Waals surface area contributed by atoms with Gasteiger partial charge in [-0.1, -0.05) is 47.5 Å². The number of carbonyl (C=O) groups excluding carboxylic acids is 3. The quantitative estimate of drug-likeness (QED) is 0.134. The predicted molar refractivity (Wildman–Crippen MR) is 171 cm³/mol. The van der Waals surface area contributed by atoms with E-state index < -0.39 is 17.7 Å². The third-order valence-electron chi connectivity index (χ3n) is 6.88. The van der Waals surface area contributed by atoms with Crippen molar-refractivity contribution in [2.75, 3.05) is 11.4 Å². The highest BCUT2D eigenvalue weighted by molar-refractivity contribution is 14.1. The number of carbonyl (C=O) groups is 3. The number of halogens is 3. The van der Waals surface area contributed by atoms with Crippen LogP contribution in [0.15, 0.2) is 66.7 Å². The lowest BCUT2D eigenvalue weighted by Crippen LogP contribution is -2.44. The van der Waals surface area contributed by atoms with Gasteiger partial charge in [-0.25, -0.2) is 0 Å². The fourth-order valence-corrected chi connectivity index (χ4v) is 5.71. The third-order valence-corrected chi connectivity index (χ3v) is 8.06. The van der Waals surface area contributed by atoms with Crippen LogP contribution in [0.3, 0.4) is 0 Å². The maximum absolute atomic E-state index is 14.5. The minimum Gasteiger partial charge on any atom is -0.460 e. The molecule has 1 aliphatic heterocycles. The average molecular weight is 707 g/mol. The Hall–Kier alpha value is -2.62. The summed E-state index contributed by atoms with van der Waals surface area (Å²) in [6, 6.07) is 18.6. The Labute approximate surface area is 265 Å². The van der Waals surface area contributed by atoms with Gasteiger partial charge in [0, 0.05) is 26.6 Å². The number of ether oxygens (including phenoxy) is 1. The van der Waals surface area contributed by atoms with Gasteiger partial charge in [-0.3, -0.25) is 14.4 Å². The van der Waals surface area contributed by atoms with Crippen molar-refractivity contribution < 1.29 is 19.1 Å². The summed E-state index contributed by atoms with van der Waals surface area (Å²) in [5, 5.41) is 1.13. The number of nitrogens with zero attached hydrogens (tertiary/aromatic N) is 2. The molecule has 0 fully saturated rings. The molecule has 4 rings (SSSR count). The van der Waals surface area contributed by atoms with Gasteiger partial charge < -0.3 is 14.5 Å². The zero-order valence-corrected chi connectivity index (χ0v) is 27.2. The largest absolute Gasteiger partial charge is 0.460 e. The number of hydrogen-bond acceptors (Lipinski definition) is 4. The van der Waals surface area contributed by atoms with Crippen molar-refractivity contribution in [3.63, 3.8) is 0 Å². The van der Waals surface area contributed by atoms with E-state index in [0.717, 1.165) is 9.13 Å². The van der Waals surface area contributed by atoms with E-state index >= 15 is 0 Å². The van der Waals surface area contributed by atoms with Crippen LogP contribution in [0.1, 0.15) is 80.5 Å². The molecule has 0 aromatic heterocycles. The Bertz CT molecular complexity index is 1420. The van der Waals surface area contributed by atoms with E-state index in [2.05, 4.69) is 22.6 Å². The predicted octanol–water partition coefficient (Wildman–Crippen LogP) is 8.40. The smallest absolute Gasteiger partial charge is 0.306 e. The summed E-state index contributed by atoms with van der Waals surface area (Å²) in [5.74, 6) is -0.740. The zero-order chi connectivity index (χ0) is 29.9. The van der Waals surface area contributed by atoms with Gasteiger partial charge >= 0.3 is 5.97 Å². The maximum atomic E-state index is 14.5. The summed E-state index contributed by atoms with van der Waals surface area (Å²) in [4.78, 5) is 44.5. The molecule has 216 valence electrons. The highest BCUT2D eigenvalue weighted by Crippen LogP contribution is 2.40. The second kappa shape index (κ2) is 13.1. The highest BCUT2D eigenvalue weighted by atomic mass is 127. The van der Waals surface area contributed by atoms with Crippen LogP contribution in [0.25, 0.3) is 0 Å². The van der Waals surface area contributed by atoms with Crippen LogP contribution in [0.5, 0.6) is 0 Å². The molecule has 2 unspecified atom stereocenters. The molecule has 0 bridgehead atoms. The minimum atomic E-state index is -0.902. The van der Waals surface area contributed by atoms with E-state index in [1.165, 1.54) is 0 Å². The Kier molecular flexibility index (Phi) is 10.0. The SMILES string of the molecule is CC(c1ccc(Cl)cc1)N1C(=O)c2cc(I)ccc2N(CCCCC(=O)OC(C)(C)C)C(=O)C1c1ccc(Cl)cc1. The molecule has 0 saturated heterocycles. The number of fused-ring (bicyclic) bond motifs is 1. The van der Waals surface area contributed by atoms with Gasteiger partial charge in [-0.2, -0.15) is 0 Å². The molecule has 1 heterocycles. The zero-order valence-electron chi connectivity index (χ0n) is 23.5. The molecule has 0 aliphatic carbocycles. The summed E-state index contributed by atoms with van der Waals surface area (Å²) in [5.41, 5.74) is 1.98. The monoisotopic (exact) mass is 706 g/mol. The molecule has 2 amide bonds. The van der Waals surface area contributed by atoms with Gasteiger partial charge in [-0.15, -0.1) is 0 Å². The Morgan fingerprint density at radius 1 is 0.951 bits per heavy atom. The number of hydrogen-bond donors (Lipinski definition) is 0. The van der Waals surface area contributed by atoms with Crippen molar-refractivity contribution in [2.24, 2.45) is 0 Å². The lowest BCUT2D eigenvalue weighted by Gasteiger charge is -2.36. The summed E-state index contributed by atoms with van der Waals surface area (Å²) < 4.78 is 6.32. The first-order valence-electron chi connectivity index (χ1n) is 13.5. The maximum Gasteiger partial charge on any atom is 0.306 e. The van der Waals surface area contributed by atoms with Gasteiger partial charge in [0.15, 0.2) is 0 Å². The fourth-order valence-electron chi connectivity index (χ4n) is 4.97. The number of anilines is 1. The van der Waals surface area contributed by atoms with Crippen molar-refractivity contribution in [1.82, 2.24) is 4.90 Å². The molecule has 3 aromatic rings. The van der Waals surface area contributed by atoms with Gasteiger partial charge in [0.1, 0.15) is 11.6 Å². The van der Waals surface area contributed by atoms with Crippen molar-refractivity contribution in [3.05, 3.63) is 97.0 Å². The lowest BCUT2D eigenvalue weighted by molar-refractivity contribution is -0.154. The molecule has 9 heteroatoms. The first kappa shape index (κ1) is 31.3. The lowest BCUT2D eigenvalue weighted by atomic mass is 9.98. The molecule has 0 N–H and O–H groups in total. The number of unbranched alkanes of at least 4 members (excludes halogenated alkanes) is 1. The van der Waals surface area contributed by atoms with E-state index in [1.54, 1.807) is 46.2 Å². The molecule has 3 aromatic carbocycles. The molecule has 41 heavy (non-hydrogen) atoms. The Morgan fingerprint density at radius 2 is 1.56 bits per heavy atom. The second-order valence-electron chi connectivity index (χ2n) is 11.1. The van der Waals surface area contributed by atoms with Gasteiger partial charge in [0.05, 0.1) is 17.3 Å². The molecule has 0 spiro atoms. The van der Waals surface area contributed by atoms with Gasteiger partial charge in [0.25, 0.3) is 11.8 Å². The Balaban J connectivity index is 1.74. The van der Waals surface area contributed by atoms with Gasteiger partial charge in [0.2, 0.25) is 0 Å². The molecule has 0 saturated carbocycles. The molecule has 2 atom stereocenters. The molecule has 0 radical (unpaired) electrons. The first-order chi connectivity index (χ1) is 19.4. The summed E-state index contributed by atoms with van der Waals surface area (Å²) >= 11 is 14.5. The molecule has 6 nitrogen and oxygen atoms in total. The van der Waals surface area contributed by atoms with E-state index in [1.807, 2.05) is 58.0 Å². The second-order valence-corrected chi connectivity index (χ2v) is 13.2. The van der Waals surface area contributed by atoms with Crippen LogP contribution < -0.4 is 4.90 Å². The standard InChI is InChI=1S/C32H33Cl2IN2O4/c1-20(21-8-12-23(33)13-9-21)37-29(22-10-14-24(34)15-11-22)31(40)36(18-6-5-7-28(38)41-32(2,3)4)27-17-16-25(35)19-26(27)30(37)39/h8-17,19-20,29H,5-7,18H2,1-4H3. The minimum absolute atomic E-state index is 0.223. The fraction of sp³-hybridized carbons (Fsp3) is 0.344. The topological polar surface area (TPSA) is 66.9 Å². The highest BCUT2D eigenvalue weighted by Gasteiger charge is 2.42. The van der Waals surface area contributed by atoms with Crippen LogP contribution in [-0.2, 0) is 14.3 Å². The average Bonchev–Trinajstić information content (AvgIpc) is 2.99. The van der Waals surface area contributed by atoms with Crippen molar-refractivity contribution in [3.8, 4) is 0 Å². The van der Waals surface area contributed by atoms with Crippen molar-refractivity contribution in [1.29, 1.82) is 0 Å². The summed E-state index contributed by atoms with van der Waals surface area (Å²) in [7, 11) is 0.